The third-order valence-corrected chi connectivity index (χ3v) is 5.72. The van der Waals surface area contributed by atoms with Crippen molar-refractivity contribution < 1.29 is 14.0 Å². The van der Waals surface area contributed by atoms with Crippen molar-refractivity contribution in [3.05, 3.63) is 30.1 Å². The van der Waals surface area contributed by atoms with E-state index in [0.717, 1.165) is 25.9 Å². The molecule has 5 nitrogen and oxygen atoms in total. The normalized spacial score (nSPS) is 22.2. The van der Waals surface area contributed by atoms with Crippen molar-refractivity contribution in [2.45, 2.75) is 25.7 Å². The average molecular weight is 345 g/mol. The minimum atomic E-state index is -0.787. The van der Waals surface area contributed by atoms with Gasteiger partial charge in [0.2, 0.25) is 11.8 Å². The Kier molecular flexibility index (Phi) is 4.13. The third kappa shape index (κ3) is 2.87. The highest BCUT2D eigenvalue weighted by molar-refractivity contribution is 6.08. The first-order valence-corrected chi connectivity index (χ1v) is 9.20. The van der Waals surface area contributed by atoms with E-state index in [1.807, 2.05) is 15.9 Å². The molecular weight excluding hydrogens is 321 g/mol. The van der Waals surface area contributed by atoms with Crippen LogP contribution in [0, 0.1) is 11.2 Å². The number of benzene rings is 1. The highest BCUT2D eigenvalue weighted by atomic mass is 19.1. The van der Waals surface area contributed by atoms with Crippen molar-refractivity contribution in [3.8, 4) is 0 Å². The van der Waals surface area contributed by atoms with Gasteiger partial charge in [-0.1, -0.05) is 12.1 Å². The van der Waals surface area contributed by atoms with Gasteiger partial charge in [0.1, 0.15) is 11.2 Å². The Morgan fingerprint density at radius 1 is 0.840 bits per heavy atom. The molecule has 0 radical (unpaired) electrons. The Bertz CT molecular complexity index is 675. The average Bonchev–Trinajstić information content (AvgIpc) is 3.27. The maximum atomic E-state index is 13.9. The Balaban J connectivity index is 1.40. The summed E-state index contributed by atoms with van der Waals surface area (Å²) in [5.41, 5.74) is -0.200. The lowest BCUT2D eigenvalue weighted by atomic mass is 10.0. The van der Waals surface area contributed by atoms with Crippen molar-refractivity contribution in [2.75, 3.05) is 44.2 Å². The fourth-order valence-electron chi connectivity index (χ4n) is 4.03. The summed E-state index contributed by atoms with van der Waals surface area (Å²) in [6.07, 6.45) is 3.43. The molecule has 134 valence electrons. The second kappa shape index (κ2) is 6.32. The van der Waals surface area contributed by atoms with Crippen LogP contribution in [0.1, 0.15) is 25.7 Å². The second-order valence-electron chi connectivity index (χ2n) is 7.31. The third-order valence-electron chi connectivity index (χ3n) is 5.72. The summed E-state index contributed by atoms with van der Waals surface area (Å²) < 4.78 is 13.9. The maximum absolute atomic E-state index is 13.9. The first-order chi connectivity index (χ1) is 12.1. The van der Waals surface area contributed by atoms with Crippen molar-refractivity contribution >= 4 is 17.5 Å². The summed E-state index contributed by atoms with van der Waals surface area (Å²) in [7, 11) is 0. The van der Waals surface area contributed by atoms with Crippen LogP contribution in [-0.2, 0) is 9.59 Å². The van der Waals surface area contributed by atoms with Gasteiger partial charge in [-0.25, -0.2) is 4.39 Å². The summed E-state index contributed by atoms with van der Waals surface area (Å²) >= 11 is 0. The van der Waals surface area contributed by atoms with Gasteiger partial charge in [0.25, 0.3) is 0 Å². The lowest BCUT2D eigenvalue weighted by molar-refractivity contribution is -0.149. The number of anilines is 1. The zero-order chi connectivity index (χ0) is 17.4. The monoisotopic (exact) mass is 345 g/mol. The van der Waals surface area contributed by atoms with Gasteiger partial charge in [0.15, 0.2) is 0 Å². The molecule has 0 spiro atoms. The SMILES string of the molecule is O=C(N1CCCC1)C1(C(=O)N2CCN(c3ccccc3F)CC2)CC1. The number of halogens is 1. The van der Waals surface area contributed by atoms with E-state index >= 15 is 0 Å². The summed E-state index contributed by atoms with van der Waals surface area (Å²) in [5.74, 6) is -0.214. The zero-order valence-corrected chi connectivity index (χ0v) is 14.4. The minimum Gasteiger partial charge on any atom is -0.366 e. The highest BCUT2D eigenvalue weighted by Crippen LogP contribution is 2.49. The lowest BCUT2D eigenvalue weighted by Crippen LogP contribution is -2.53. The largest absolute Gasteiger partial charge is 0.366 e. The quantitative estimate of drug-likeness (QED) is 0.786. The standard InChI is InChI=1S/C19H24FN3O2/c20-15-5-1-2-6-16(15)21-11-13-23(14-12-21)18(25)19(7-8-19)17(24)22-9-3-4-10-22/h1-2,5-6H,3-4,7-14H2. The number of hydrogen-bond donors (Lipinski definition) is 0. The summed E-state index contributed by atoms with van der Waals surface area (Å²) in [6, 6.07) is 6.73. The van der Waals surface area contributed by atoms with Crippen LogP contribution in [0.2, 0.25) is 0 Å². The first-order valence-electron chi connectivity index (χ1n) is 9.20. The molecule has 0 aromatic heterocycles. The molecule has 2 aliphatic heterocycles. The van der Waals surface area contributed by atoms with Gasteiger partial charge in [0, 0.05) is 39.3 Å². The molecule has 1 aliphatic carbocycles. The van der Waals surface area contributed by atoms with Gasteiger partial charge in [-0.15, -0.1) is 0 Å². The molecular formula is C19H24FN3O2. The van der Waals surface area contributed by atoms with E-state index in [1.54, 1.807) is 17.0 Å². The molecule has 4 rings (SSSR count). The van der Waals surface area contributed by atoms with E-state index in [0.29, 0.717) is 44.7 Å². The van der Waals surface area contributed by atoms with Crippen LogP contribution >= 0.6 is 0 Å². The predicted octanol–water partition coefficient (Wildman–Crippen LogP) is 1.88. The lowest BCUT2D eigenvalue weighted by Gasteiger charge is -2.38. The van der Waals surface area contributed by atoms with Crippen molar-refractivity contribution in [3.63, 3.8) is 0 Å². The Morgan fingerprint density at radius 2 is 1.40 bits per heavy atom. The van der Waals surface area contributed by atoms with E-state index in [-0.39, 0.29) is 17.6 Å². The number of rotatable bonds is 3. The van der Waals surface area contributed by atoms with Crippen molar-refractivity contribution in [1.82, 2.24) is 9.80 Å². The Morgan fingerprint density at radius 3 is 1.96 bits per heavy atom. The number of carbonyl (C=O) groups is 2. The van der Waals surface area contributed by atoms with E-state index in [9.17, 15) is 14.0 Å². The van der Waals surface area contributed by atoms with Crippen LogP contribution in [0.5, 0.6) is 0 Å². The highest BCUT2D eigenvalue weighted by Gasteiger charge is 2.59. The molecule has 3 fully saturated rings. The Hall–Kier alpha value is -2.11. The Labute approximate surface area is 147 Å². The number of amides is 2. The molecule has 1 aromatic carbocycles. The second-order valence-corrected chi connectivity index (χ2v) is 7.31. The predicted molar refractivity (Wildman–Crippen MR) is 92.7 cm³/mol. The topological polar surface area (TPSA) is 43.9 Å². The van der Waals surface area contributed by atoms with Gasteiger partial charge >= 0.3 is 0 Å². The molecule has 3 aliphatic rings. The van der Waals surface area contributed by atoms with Gasteiger partial charge in [-0.05, 0) is 37.8 Å². The number of carbonyl (C=O) groups excluding carboxylic acids is 2. The molecule has 6 heteroatoms. The van der Waals surface area contributed by atoms with Gasteiger partial charge in [0.05, 0.1) is 5.69 Å². The molecule has 0 bridgehead atoms. The fourth-order valence-corrected chi connectivity index (χ4v) is 4.03. The van der Waals surface area contributed by atoms with E-state index in [2.05, 4.69) is 0 Å². The molecule has 0 atom stereocenters. The van der Waals surface area contributed by atoms with Gasteiger partial charge in [-0.3, -0.25) is 9.59 Å². The molecule has 0 N–H and O–H groups in total. The number of hydrogen-bond acceptors (Lipinski definition) is 3. The van der Waals surface area contributed by atoms with Crippen LogP contribution in [0.3, 0.4) is 0 Å². The smallest absolute Gasteiger partial charge is 0.238 e. The van der Waals surface area contributed by atoms with Crippen LogP contribution in [0.25, 0.3) is 0 Å². The van der Waals surface area contributed by atoms with Crippen molar-refractivity contribution in [2.24, 2.45) is 5.41 Å². The molecule has 25 heavy (non-hydrogen) atoms. The molecule has 2 saturated heterocycles. The maximum Gasteiger partial charge on any atom is 0.238 e. The van der Waals surface area contributed by atoms with Crippen molar-refractivity contribution in [1.29, 1.82) is 0 Å². The minimum absolute atomic E-state index is 0.0161. The van der Waals surface area contributed by atoms with E-state index < -0.39 is 5.41 Å². The fraction of sp³-hybridized carbons (Fsp3) is 0.579. The van der Waals surface area contributed by atoms with E-state index in [1.165, 1.54) is 6.07 Å². The summed E-state index contributed by atoms with van der Waals surface area (Å²) in [5, 5.41) is 0. The summed E-state index contributed by atoms with van der Waals surface area (Å²) in [6.45, 7) is 3.86. The van der Waals surface area contributed by atoms with Crippen LogP contribution < -0.4 is 4.90 Å². The van der Waals surface area contributed by atoms with Crippen LogP contribution in [0.15, 0.2) is 24.3 Å². The van der Waals surface area contributed by atoms with E-state index in [4.69, 9.17) is 0 Å². The number of nitrogens with zero attached hydrogens (tertiary/aromatic N) is 3. The summed E-state index contributed by atoms with van der Waals surface area (Å²) in [4.78, 5) is 31.4. The van der Waals surface area contributed by atoms with Gasteiger partial charge in [-0.2, -0.15) is 0 Å². The molecule has 2 heterocycles. The molecule has 0 unspecified atom stereocenters. The molecule has 1 aromatic rings. The van der Waals surface area contributed by atoms with Gasteiger partial charge < -0.3 is 14.7 Å². The number of para-hydroxylation sites is 1. The first kappa shape index (κ1) is 16.4. The number of likely N-dealkylation sites (tertiary alicyclic amines) is 1. The zero-order valence-electron chi connectivity index (χ0n) is 14.4. The van der Waals surface area contributed by atoms with Crippen LogP contribution in [0.4, 0.5) is 10.1 Å². The van der Waals surface area contributed by atoms with Crippen LogP contribution in [-0.4, -0.2) is 60.9 Å². The molecule has 1 saturated carbocycles. The number of piperazine rings is 1. The molecule has 2 amide bonds.